The number of methoxy groups -OCH3 is 1. The maximum Gasteiger partial charge on any atom is 0.335 e. The van der Waals surface area contributed by atoms with Crippen LogP contribution in [-0.2, 0) is 17.8 Å². The van der Waals surface area contributed by atoms with E-state index in [1.165, 1.54) is 5.56 Å². The highest BCUT2D eigenvalue weighted by Gasteiger charge is 2.19. The van der Waals surface area contributed by atoms with E-state index >= 15 is 0 Å². The summed E-state index contributed by atoms with van der Waals surface area (Å²) in [6.07, 6.45) is 1.01. The monoisotopic (exact) mass is 235 g/mol. The molecule has 0 atom stereocenters. The third-order valence-corrected chi connectivity index (χ3v) is 3.06. The number of rotatable bonds is 5. The van der Waals surface area contributed by atoms with E-state index < -0.39 is 5.97 Å². The summed E-state index contributed by atoms with van der Waals surface area (Å²) in [5.41, 5.74) is 2.76. The molecule has 0 saturated heterocycles. The number of carboxylic acid groups (broad SMARTS) is 1. The highest BCUT2D eigenvalue weighted by atomic mass is 16.5. The van der Waals surface area contributed by atoms with Gasteiger partial charge in [0.1, 0.15) is 0 Å². The van der Waals surface area contributed by atoms with Crippen molar-refractivity contribution < 1.29 is 14.6 Å². The van der Waals surface area contributed by atoms with Gasteiger partial charge in [-0.3, -0.25) is 4.90 Å². The van der Waals surface area contributed by atoms with Crippen LogP contribution < -0.4 is 0 Å². The zero-order valence-corrected chi connectivity index (χ0v) is 9.98. The molecule has 1 aliphatic heterocycles. The Kier molecular flexibility index (Phi) is 3.76. The third kappa shape index (κ3) is 2.84. The standard InChI is InChI=1S/C13H17NO3/c1-17-6-2-5-14-8-11-4-3-10(13(15)16)7-12(11)9-14/h3-4,7H,2,5-6,8-9H2,1H3,(H,15,16). The van der Waals surface area contributed by atoms with Gasteiger partial charge in [0.05, 0.1) is 5.56 Å². The first kappa shape index (κ1) is 12.1. The summed E-state index contributed by atoms with van der Waals surface area (Å²) in [5, 5.41) is 8.93. The van der Waals surface area contributed by atoms with Crippen LogP contribution in [0.25, 0.3) is 0 Å². The van der Waals surface area contributed by atoms with Gasteiger partial charge in [-0.25, -0.2) is 4.79 Å². The topological polar surface area (TPSA) is 49.8 Å². The molecular formula is C13H17NO3. The zero-order chi connectivity index (χ0) is 12.3. The van der Waals surface area contributed by atoms with E-state index in [-0.39, 0.29) is 0 Å². The molecule has 4 heteroatoms. The first-order valence-electron chi connectivity index (χ1n) is 5.77. The molecule has 17 heavy (non-hydrogen) atoms. The normalized spacial score (nSPS) is 14.9. The molecule has 92 valence electrons. The molecule has 0 radical (unpaired) electrons. The lowest BCUT2D eigenvalue weighted by Crippen LogP contribution is -2.18. The van der Waals surface area contributed by atoms with Crippen LogP contribution in [0, 0.1) is 0 Å². The number of hydrogen-bond acceptors (Lipinski definition) is 3. The van der Waals surface area contributed by atoms with Crippen LogP contribution in [-0.4, -0.2) is 36.2 Å². The second-order valence-corrected chi connectivity index (χ2v) is 4.35. The van der Waals surface area contributed by atoms with Crippen molar-refractivity contribution in [1.82, 2.24) is 4.90 Å². The number of fused-ring (bicyclic) bond motifs is 1. The lowest BCUT2D eigenvalue weighted by Gasteiger charge is -2.13. The predicted molar refractivity (Wildman–Crippen MR) is 64.0 cm³/mol. The van der Waals surface area contributed by atoms with E-state index in [1.54, 1.807) is 19.2 Å². The van der Waals surface area contributed by atoms with Crippen molar-refractivity contribution in [1.29, 1.82) is 0 Å². The molecule has 0 saturated carbocycles. The van der Waals surface area contributed by atoms with Gasteiger partial charge in [0.2, 0.25) is 0 Å². The number of aromatic carboxylic acids is 1. The van der Waals surface area contributed by atoms with Gasteiger partial charge in [0, 0.05) is 33.4 Å². The number of ether oxygens (including phenoxy) is 1. The van der Waals surface area contributed by atoms with Crippen molar-refractivity contribution in [2.45, 2.75) is 19.5 Å². The summed E-state index contributed by atoms with van der Waals surface area (Å²) >= 11 is 0. The highest BCUT2D eigenvalue weighted by molar-refractivity contribution is 5.87. The molecule has 0 fully saturated rings. The first-order valence-corrected chi connectivity index (χ1v) is 5.77. The molecule has 1 heterocycles. The number of hydrogen-bond donors (Lipinski definition) is 1. The molecule has 0 spiro atoms. The van der Waals surface area contributed by atoms with Gasteiger partial charge in [-0.15, -0.1) is 0 Å². The Morgan fingerprint density at radius 3 is 2.88 bits per heavy atom. The zero-order valence-electron chi connectivity index (χ0n) is 9.98. The molecule has 0 bridgehead atoms. The Hall–Kier alpha value is -1.39. The number of benzene rings is 1. The number of carboxylic acids is 1. The van der Waals surface area contributed by atoms with E-state index in [2.05, 4.69) is 4.90 Å². The lowest BCUT2D eigenvalue weighted by atomic mass is 10.1. The molecule has 0 aliphatic carbocycles. The first-order chi connectivity index (χ1) is 8.20. The van der Waals surface area contributed by atoms with Crippen LogP contribution in [0.15, 0.2) is 18.2 Å². The van der Waals surface area contributed by atoms with E-state index in [1.807, 2.05) is 6.07 Å². The van der Waals surface area contributed by atoms with Gasteiger partial charge in [0.25, 0.3) is 0 Å². The smallest absolute Gasteiger partial charge is 0.335 e. The molecule has 1 aromatic carbocycles. The minimum absolute atomic E-state index is 0.377. The summed E-state index contributed by atoms with van der Waals surface area (Å²) in [4.78, 5) is 13.2. The fourth-order valence-electron chi connectivity index (χ4n) is 2.19. The summed E-state index contributed by atoms with van der Waals surface area (Å²) in [6.45, 7) is 3.53. The van der Waals surface area contributed by atoms with Crippen LogP contribution in [0.4, 0.5) is 0 Å². The quantitative estimate of drug-likeness (QED) is 0.790. The Labute approximate surface area is 101 Å². The molecule has 1 N–H and O–H groups in total. The summed E-state index contributed by atoms with van der Waals surface area (Å²) in [5.74, 6) is -0.856. The van der Waals surface area contributed by atoms with Crippen LogP contribution in [0.1, 0.15) is 27.9 Å². The average molecular weight is 235 g/mol. The number of carbonyl (C=O) groups is 1. The largest absolute Gasteiger partial charge is 0.478 e. The predicted octanol–water partition coefficient (Wildman–Crippen LogP) is 1.74. The van der Waals surface area contributed by atoms with Gasteiger partial charge in [-0.1, -0.05) is 6.07 Å². The molecule has 1 aromatic rings. The summed E-state index contributed by atoms with van der Waals surface area (Å²) in [6, 6.07) is 5.39. The van der Waals surface area contributed by atoms with Crippen LogP contribution in [0.3, 0.4) is 0 Å². The third-order valence-electron chi connectivity index (χ3n) is 3.06. The van der Waals surface area contributed by atoms with Crippen molar-refractivity contribution in [2.24, 2.45) is 0 Å². The van der Waals surface area contributed by atoms with Crippen molar-refractivity contribution in [2.75, 3.05) is 20.3 Å². The van der Waals surface area contributed by atoms with Crippen molar-refractivity contribution in [3.8, 4) is 0 Å². The minimum Gasteiger partial charge on any atom is -0.478 e. The molecule has 4 nitrogen and oxygen atoms in total. The van der Waals surface area contributed by atoms with Gasteiger partial charge in [-0.2, -0.15) is 0 Å². The summed E-state index contributed by atoms with van der Waals surface area (Å²) in [7, 11) is 1.71. The van der Waals surface area contributed by atoms with Crippen molar-refractivity contribution in [3.63, 3.8) is 0 Å². The Morgan fingerprint density at radius 1 is 1.41 bits per heavy atom. The second kappa shape index (κ2) is 5.29. The van der Waals surface area contributed by atoms with Gasteiger partial charge in [0.15, 0.2) is 0 Å². The maximum absolute atomic E-state index is 10.9. The lowest BCUT2D eigenvalue weighted by molar-refractivity contribution is 0.0696. The molecule has 1 aliphatic rings. The van der Waals surface area contributed by atoms with Gasteiger partial charge < -0.3 is 9.84 Å². The molecule has 0 aromatic heterocycles. The van der Waals surface area contributed by atoms with Gasteiger partial charge >= 0.3 is 5.97 Å². The van der Waals surface area contributed by atoms with E-state index in [9.17, 15) is 4.79 Å². The van der Waals surface area contributed by atoms with E-state index in [0.29, 0.717) is 5.56 Å². The molecule has 0 amide bonds. The fourth-order valence-corrected chi connectivity index (χ4v) is 2.19. The van der Waals surface area contributed by atoms with Crippen LogP contribution in [0.5, 0.6) is 0 Å². The molecule has 0 unspecified atom stereocenters. The Balaban J connectivity index is 1.99. The molecule has 2 rings (SSSR count). The van der Waals surface area contributed by atoms with Crippen LogP contribution >= 0.6 is 0 Å². The Bertz CT molecular complexity index is 417. The van der Waals surface area contributed by atoms with E-state index in [0.717, 1.165) is 38.2 Å². The SMILES string of the molecule is COCCCN1Cc2ccc(C(=O)O)cc2C1. The van der Waals surface area contributed by atoms with E-state index in [4.69, 9.17) is 9.84 Å². The van der Waals surface area contributed by atoms with Crippen molar-refractivity contribution >= 4 is 5.97 Å². The summed E-state index contributed by atoms with van der Waals surface area (Å²) < 4.78 is 5.02. The molecular weight excluding hydrogens is 218 g/mol. The number of nitrogens with zero attached hydrogens (tertiary/aromatic N) is 1. The van der Waals surface area contributed by atoms with Crippen molar-refractivity contribution in [3.05, 3.63) is 34.9 Å². The van der Waals surface area contributed by atoms with Crippen LogP contribution in [0.2, 0.25) is 0 Å². The maximum atomic E-state index is 10.9. The van der Waals surface area contributed by atoms with Gasteiger partial charge in [-0.05, 0) is 29.7 Å². The minimum atomic E-state index is -0.856. The average Bonchev–Trinajstić information content (AvgIpc) is 2.70. The highest BCUT2D eigenvalue weighted by Crippen LogP contribution is 2.23. The fraction of sp³-hybridized carbons (Fsp3) is 0.462. The second-order valence-electron chi connectivity index (χ2n) is 4.35. The Morgan fingerprint density at radius 2 is 2.18 bits per heavy atom.